The quantitative estimate of drug-likeness (QED) is 0.126. The van der Waals surface area contributed by atoms with Crippen molar-refractivity contribution in [3.63, 3.8) is 0 Å². The van der Waals surface area contributed by atoms with Gasteiger partial charge in [0.25, 0.3) is 0 Å². The van der Waals surface area contributed by atoms with E-state index in [9.17, 15) is 23.6 Å². The summed E-state index contributed by atoms with van der Waals surface area (Å²) in [7, 11) is 0. The first-order chi connectivity index (χ1) is 45.2. The topological polar surface area (TPSA) is 167 Å². The van der Waals surface area contributed by atoms with Gasteiger partial charge < -0.3 is 23.8 Å². The maximum Gasteiger partial charge on any atom is 0.247 e. The Kier molecular flexibility index (Phi) is 33.8. The van der Waals surface area contributed by atoms with E-state index in [2.05, 4.69) is 207 Å². The molecule has 3 amide bonds. The molecule has 2 unspecified atom stereocenters. The van der Waals surface area contributed by atoms with Crippen molar-refractivity contribution >= 4 is 35.7 Å². The predicted octanol–water partition coefficient (Wildman–Crippen LogP) is 17.0. The summed E-state index contributed by atoms with van der Waals surface area (Å²) in [6.45, 7) is 70.9. The van der Waals surface area contributed by atoms with E-state index in [1.54, 1.807) is 53.7 Å². The van der Waals surface area contributed by atoms with Gasteiger partial charge in [-0.15, -0.1) is 17.9 Å². The van der Waals surface area contributed by atoms with Crippen molar-refractivity contribution in [2.75, 3.05) is 26.2 Å². The molecular formula is C81H126FN13O4. The highest BCUT2D eigenvalue weighted by Gasteiger charge is 2.34. The minimum Gasteiger partial charge on any atom is -0.339 e. The number of terminal acetylenes is 2. The summed E-state index contributed by atoms with van der Waals surface area (Å²) >= 11 is 0. The molecule has 5 aromatic heterocycles. The highest BCUT2D eigenvalue weighted by atomic mass is 19.1. The summed E-state index contributed by atoms with van der Waals surface area (Å²) < 4.78 is 21.8. The molecule has 2 atom stereocenters. The number of halogens is 1. The molecule has 17 nitrogen and oxygen atoms in total. The van der Waals surface area contributed by atoms with E-state index in [-0.39, 0.29) is 67.8 Å². The summed E-state index contributed by atoms with van der Waals surface area (Å²) in [5, 5.41) is 12.1. The van der Waals surface area contributed by atoms with Gasteiger partial charge in [0.1, 0.15) is 11.5 Å². The average Bonchev–Trinajstić information content (AvgIpc) is 1.44. The molecule has 0 aromatic carbocycles. The molecule has 9 rings (SSSR count). The highest BCUT2D eigenvalue weighted by Crippen LogP contribution is 2.34. The standard InChI is InChI=1S/C11H19NO.C10H16O.C9H14N2.C9H12N2.C9H14N2.C9H12N2.C9H15NO.C8H13NO.C7H11FN2/c1-5-10(13)12-7-6-9(8-12)11(2,3)4;1-10(2,3)8-6-4-5-7-9(8)11;2*1-5-8-10-6-7-11(8)9(2,3)4;2*1-5-8-6-7-11(10-8)9(2,3)4;1-9(2,3)10-7-5-4-6-8(10)11;1-8(2,3)9-6-4-5-7(9)10;1-7(2,3)10-5-4-6(8)9-10/h5,9H,1,6-8H2,2-4H3;5,7-8H,4,6H2,1-3H3;5-7H,1H2,2-4H3;1,6-7H,2-4H3;5-7H,1H2,2-4H3;1,6-7H,2-4H3;4,6H,5,7H2,1-3H3;4-5H,6H2,1-3H3;4-5H,1-3H3. The van der Waals surface area contributed by atoms with E-state index < -0.39 is 5.95 Å². The number of amides is 3. The van der Waals surface area contributed by atoms with E-state index in [0.29, 0.717) is 28.6 Å². The fraction of sp³-hybridized carbons (Fsp3) is 0.568. The van der Waals surface area contributed by atoms with Crippen molar-refractivity contribution in [2.24, 2.45) is 22.7 Å². The van der Waals surface area contributed by atoms with E-state index in [1.807, 2.05) is 125 Å². The fourth-order valence-electron chi connectivity index (χ4n) is 9.93. The van der Waals surface area contributed by atoms with Gasteiger partial charge in [0.05, 0.1) is 22.3 Å². The Balaban J connectivity index is 0.000000557. The molecule has 1 aliphatic carbocycles. The molecule has 5 aromatic rings. The van der Waals surface area contributed by atoms with Crippen molar-refractivity contribution in [1.82, 2.24) is 63.1 Å². The number of ketones is 1. The number of hydrogen-bond donors (Lipinski definition) is 0. The van der Waals surface area contributed by atoms with Crippen molar-refractivity contribution in [1.29, 1.82) is 0 Å². The van der Waals surface area contributed by atoms with Gasteiger partial charge in [-0.1, -0.05) is 79.5 Å². The van der Waals surface area contributed by atoms with Crippen LogP contribution in [0, 0.1) is 53.3 Å². The predicted molar refractivity (Wildman–Crippen MR) is 409 cm³/mol. The third kappa shape index (κ3) is 31.6. The van der Waals surface area contributed by atoms with Crippen LogP contribution < -0.4 is 0 Å². The maximum absolute atomic E-state index is 12.3. The van der Waals surface area contributed by atoms with Gasteiger partial charge in [0.2, 0.25) is 23.7 Å². The van der Waals surface area contributed by atoms with Gasteiger partial charge in [0, 0.05) is 110 Å². The normalized spacial score (nSPS) is 16.2. The molecule has 0 N–H and O–H groups in total. The van der Waals surface area contributed by atoms with Gasteiger partial charge in [0.15, 0.2) is 11.6 Å². The van der Waals surface area contributed by atoms with Gasteiger partial charge in [-0.3, -0.25) is 33.2 Å². The van der Waals surface area contributed by atoms with Gasteiger partial charge >= 0.3 is 0 Å². The van der Waals surface area contributed by atoms with Gasteiger partial charge in [-0.2, -0.15) is 14.6 Å². The minimum atomic E-state index is -0.421. The van der Waals surface area contributed by atoms with Crippen LogP contribution in [-0.2, 0) is 46.9 Å². The van der Waals surface area contributed by atoms with Crippen molar-refractivity contribution in [3.05, 3.63) is 153 Å². The zero-order chi connectivity index (χ0) is 76.5. The maximum atomic E-state index is 12.3. The largest absolute Gasteiger partial charge is 0.339 e. The Bertz CT molecular complexity index is 3490. The molecule has 18 heteroatoms. The molecule has 1 fully saturated rings. The van der Waals surface area contributed by atoms with Crippen LogP contribution in [0.1, 0.15) is 236 Å². The van der Waals surface area contributed by atoms with Crippen LogP contribution >= 0.6 is 0 Å². The van der Waals surface area contributed by atoms with Crippen molar-refractivity contribution in [2.45, 2.75) is 251 Å². The summed E-state index contributed by atoms with van der Waals surface area (Å²) in [5.41, 5.74) is 2.12. The molecule has 0 saturated carbocycles. The number of likely N-dealkylation sites (tertiary alicyclic amines) is 1. The van der Waals surface area contributed by atoms with Crippen LogP contribution in [0.4, 0.5) is 4.39 Å². The molecular weight excluding hydrogens is 1240 g/mol. The lowest BCUT2D eigenvalue weighted by Crippen LogP contribution is -2.46. The second-order valence-electron chi connectivity index (χ2n) is 33.8. The van der Waals surface area contributed by atoms with Crippen LogP contribution in [0.3, 0.4) is 0 Å². The molecule has 8 heterocycles. The number of allylic oxidation sites excluding steroid dienone is 2. The molecule has 99 heavy (non-hydrogen) atoms. The highest BCUT2D eigenvalue weighted by molar-refractivity contribution is 5.93. The van der Waals surface area contributed by atoms with Crippen LogP contribution in [0.15, 0.2) is 124 Å². The first-order valence-electron chi connectivity index (χ1n) is 34.4. The summed E-state index contributed by atoms with van der Waals surface area (Å²) in [6, 6.07) is 5.15. The first kappa shape index (κ1) is 88.6. The van der Waals surface area contributed by atoms with Crippen molar-refractivity contribution in [3.8, 4) is 24.7 Å². The zero-order valence-corrected chi connectivity index (χ0v) is 65.9. The molecule has 0 bridgehead atoms. The average molecular weight is 1360 g/mol. The molecule has 546 valence electrons. The molecule has 0 spiro atoms. The van der Waals surface area contributed by atoms with Crippen molar-refractivity contribution < 1.29 is 23.6 Å². The third-order valence-corrected chi connectivity index (χ3v) is 15.9. The third-order valence-electron chi connectivity index (χ3n) is 15.9. The molecule has 3 aliphatic heterocycles. The Morgan fingerprint density at radius 1 is 0.525 bits per heavy atom. The minimum absolute atomic E-state index is 0.0229. The Labute approximate surface area is 597 Å². The van der Waals surface area contributed by atoms with Crippen LogP contribution in [0.25, 0.3) is 12.2 Å². The fourth-order valence-corrected chi connectivity index (χ4v) is 9.93. The molecule has 1 saturated heterocycles. The second-order valence-corrected chi connectivity index (χ2v) is 33.8. The van der Waals surface area contributed by atoms with Gasteiger partial charge in [-0.05, 0) is 242 Å². The number of rotatable bonds is 3. The van der Waals surface area contributed by atoms with E-state index >= 15 is 0 Å². The summed E-state index contributed by atoms with van der Waals surface area (Å²) in [6.07, 6.45) is 43.3. The number of imidazole rings is 2. The van der Waals surface area contributed by atoms with E-state index in [0.717, 1.165) is 63.4 Å². The second kappa shape index (κ2) is 37.7. The number of carbonyl (C=O) groups excluding carboxylic acids is 4. The number of aromatic nitrogens is 10. The Morgan fingerprint density at radius 2 is 1.02 bits per heavy atom. The lowest BCUT2D eigenvalue weighted by molar-refractivity contribution is -0.131. The Morgan fingerprint density at radius 3 is 1.33 bits per heavy atom. The first-order valence-corrected chi connectivity index (χ1v) is 34.4. The molecule has 4 aliphatic rings. The molecule has 0 radical (unpaired) electrons. The lowest BCUT2D eigenvalue weighted by Gasteiger charge is -2.36. The Hall–Kier alpha value is -8.38. The smallest absolute Gasteiger partial charge is 0.247 e. The number of hydrogen-bond acceptors (Lipinski definition) is 9. The van der Waals surface area contributed by atoms with E-state index in [4.69, 9.17) is 12.8 Å². The van der Waals surface area contributed by atoms with Gasteiger partial charge in [-0.25, -0.2) is 9.97 Å². The lowest BCUT2D eigenvalue weighted by atomic mass is 9.74. The van der Waals surface area contributed by atoms with Crippen LogP contribution in [0.2, 0.25) is 0 Å². The van der Waals surface area contributed by atoms with Crippen LogP contribution in [-0.4, -0.2) is 124 Å². The monoisotopic (exact) mass is 1360 g/mol. The van der Waals surface area contributed by atoms with E-state index in [1.165, 1.54) is 12.1 Å². The summed E-state index contributed by atoms with van der Waals surface area (Å²) in [4.78, 5) is 58.8. The summed E-state index contributed by atoms with van der Waals surface area (Å²) in [5.74, 6) is 7.76. The number of nitrogens with zero attached hydrogens (tertiary/aromatic N) is 13. The number of carbonyl (C=O) groups is 4. The zero-order valence-electron chi connectivity index (χ0n) is 65.9. The van der Waals surface area contributed by atoms with Crippen LogP contribution in [0.5, 0.6) is 0 Å². The SMILES string of the molecule is C#Cc1ccn(C(C)(C)C)n1.C#Cc1nccn1C(C)(C)C.C=CC(=O)N1CCC(C(C)(C)C)C1.C=Cc1ccn(C(C)(C)C)n1.C=Cc1nccn1C(C)(C)C.CC(C)(C)C1CCC=CC1=O.CC(C)(C)N1CC=CC1=O.CC(C)(C)N1CCC=CC1=O.CC(C)(C)n1ccc(F)n1.